The van der Waals surface area contributed by atoms with Crippen LogP contribution in [0.5, 0.6) is 11.5 Å². The predicted molar refractivity (Wildman–Crippen MR) is 128 cm³/mol. The van der Waals surface area contributed by atoms with Crippen molar-refractivity contribution in [3.8, 4) is 22.6 Å². The van der Waals surface area contributed by atoms with Crippen molar-refractivity contribution in [1.29, 1.82) is 0 Å². The highest BCUT2D eigenvalue weighted by atomic mass is 35.5. The van der Waals surface area contributed by atoms with E-state index in [0.29, 0.717) is 59.2 Å². The molecule has 2 aliphatic rings. The maximum Gasteiger partial charge on any atom is 0.329 e. The zero-order valence-electron chi connectivity index (χ0n) is 19.6. The smallest absolute Gasteiger partial charge is 0.329 e. The summed E-state index contributed by atoms with van der Waals surface area (Å²) in [5.41, 5.74) is 0.00219. The van der Waals surface area contributed by atoms with E-state index in [4.69, 9.17) is 21.1 Å². The molecule has 0 unspecified atom stereocenters. The van der Waals surface area contributed by atoms with Crippen LogP contribution in [0.25, 0.3) is 11.1 Å². The highest BCUT2D eigenvalue weighted by molar-refractivity contribution is 6.32. The van der Waals surface area contributed by atoms with Gasteiger partial charge in [-0.2, -0.15) is 0 Å². The van der Waals surface area contributed by atoms with E-state index in [1.807, 2.05) is 0 Å². The Bertz CT molecular complexity index is 1120. The minimum Gasteiger partial charge on any atom is -0.495 e. The first-order valence-electron chi connectivity index (χ1n) is 11.6. The summed E-state index contributed by atoms with van der Waals surface area (Å²) in [4.78, 5) is 25.3. The van der Waals surface area contributed by atoms with E-state index >= 15 is 0 Å². The summed E-state index contributed by atoms with van der Waals surface area (Å²) in [5.74, 6) is -3.11. The molecule has 0 spiro atoms. The Labute approximate surface area is 207 Å². The molecule has 9 heteroatoms. The minimum atomic E-state index is -2.74. The van der Waals surface area contributed by atoms with Crippen LogP contribution < -0.4 is 14.8 Å². The average molecular weight is 508 g/mol. The number of carboxylic acids is 1. The summed E-state index contributed by atoms with van der Waals surface area (Å²) in [6, 6.07) is 9.66. The summed E-state index contributed by atoms with van der Waals surface area (Å²) in [5, 5.41) is 13.0. The zero-order valence-corrected chi connectivity index (χ0v) is 20.3. The standard InChI is InChI=1S/C26H28ClF2NO5/c1-15-7-9-25(10-8-15,24(32)33)30-23(31)17-4-5-21(35-18-13-26(28,29)14-18)19(11-17)16-3-6-22(34-2)20(27)12-16/h3-6,11-12,15,18H,7-10,13-14H2,1-2H3,(H,30,31)(H,32,33). The largest absolute Gasteiger partial charge is 0.495 e. The van der Waals surface area contributed by atoms with Crippen LogP contribution in [0.2, 0.25) is 5.02 Å². The quantitative estimate of drug-likeness (QED) is 0.483. The number of carboxylic acid groups (broad SMARTS) is 1. The van der Waals surface area contributed by atoms with E-state index < -0.39 is 29.4 Å². The van der Waals surface area contributed by atoms with Gasteiger partial charge in [-0.05, 0) is 67.5 Å². The molecule has 2 aromatic rings. The molecule has 0 atom stereocenters. The fourth-order valence-electron chi connectivity index (χ4n) is 4.64. The summed E-state index contributed by atoms with van der Waals surface area (Å²) in [7, 11) is 1.49. The SMILES string of the molecule is COc1ccc(-c2cc(C(=O)NC3(C(=O)O)CCC(C)CC3)ccc2OC2CC(F)(F)C2)cc1Cl. The molecule has 2 fully saturated rings. The molecule has 188 valence electrons. The molecule has 0 radical (unpaired) electrons. The number of rotatable bonds is 7. The van der Waals surface area contributed by atoms with Gasteiger partial charge in [-0.3, -0.25) is 4.79 Å². The number of methoxy groups -OCH3 is 1. The Hall–Kier alpha value is -2.87. The molecule has 0 heterocycles. The molecule has 2 N–H and O–H groups in total. The second-order valence-corrected chi connectivity index (χ2v) is 10.00. The van der Waals surface area contributed by atoms with Gasteiger partial charge in [-0.1, -0.05) is 24.6 Å². The lowest BCUT2D eigenvalue weighted by atomic mass is 9.77. The lowest BCUT2D eigenvalue weighted by molar-refractivity contribution is -0.146. The van der Waals surface area contributed by atoms with Gasteiger partial charge in [0.15, 0.2) is 0 Å². The van der Waals surface area contributed by atoms with E-state index in [0.717, 1.165) is 0 Å². The van der Waals surface area contributed by atoms with Crippen LogP contribution in [0.4, 0.5) is 8.78 Å². The van der Waals surface area contributed by atoms with Crippen molar-refractivity contribution in [1.82, 2.24) is 5.32 Å². The Morgan fingerprint density at radius 3 is 2.31 bits per heavy atom. The van der Waals surface area contributed by atoms with Gasteiger partial charge < -0.3 is 19.9 Å². The molecule has 2 saturated carbocycles. The second-order valence-electron chi connectivity index (χ2n) is 9.59. The van der Waals surface area contributed by atoms with Crippen molar-refractivity contribution in [2.24, 2.45) is 5.92 Å². The predicted octanol–water partition coefficient (Wildman–Crippen LogP) is 5.96. The molecule has 0 aliphatic heterocycles. The van der Waals surface area contributed by atoms with Gasteiger partial charge in [0.1, 0.15) is 23.1 Å². The third kappa shape index (κ3) is 5.37. The van der Waals surface area contributed by atoms with Crippen LogP contribution in [0.1, 0.15) is 55.8 Å². The topological polar surface area (TPSA) is 84.9 Å². The van der Waals surface area contributed by atoms with Crippen molar-refractivity contribution < 1.29 is 33.0 Å². The van der Waals surface area contributed by atoms with Crippen LogP contribution in [0.3, 0.4) is 0 Å². The fourth-order valence-corrected chi connectivity index (χ4v) is 4.90. The number of hydrogen-bond acceptors (Lipinski definition) is 4. The molecule has 2 aliphatic carbocycles. The van der Waals surface area contributed by atoms with Gasteiger partial charge in [0, 0.05) is 24.0 Å². The summed E-state index contributed by atoms with van der Waals surface area (Å²) in [6.45, 7) is 2.07. The maximum absolute atomic E-state index is 13.4. The number of amides is 1. The van der Waals surface area contributed by atoms with Gasteiger partial charge in [0.25, 0.3) is 11.8 Å². The third-order valence-corrected chi connectivity index (χ3v) is 7.24. The maximum atomic E-state index is 13.4. The first-order chi connectivity index (χ1) is 16.5. The molecule has 35 heavy (non-hydrogen) atoms. The normalized spacial score (nSPS) is 23.7. The van der Waals surface area contributed by atoms with Gasteiger partial charge >= 0.3 is 5.97 Å². The number of hydrogen-bond donors (Lipinski definition) is 2. The number of carbonyl (C=O) groups excluding carboxylic acids is 1. The number of ether oxygens (including phenoxy) is 2. The van der Waals surface area contributed by atoms with Crippen molar-refractivity contribution in [3.63, 3.8) is 0 Å². The van der Waals surface area contributed by atoms with Crippen molar-refractivity contribution >= 4 is 23.5 Å². The number of benzene rings is 2. The highest BCUT2D eigenvalue weighted by Gasteiger charge is 2.47. The van der Waals surface area contributed by atoms with Gasteiger partial charge in [0.05, 0.1) is 12.1 Å². The minimum absolute atomic E-state index is 0.234. The summed E-state index contributed by atoms with van der Waals surface area (Å²) < 4.78 is 37.8. The van der Waals surface area contributed by atoms with Crippen LogP contribution in [-0.2, 0) is 4.79 Å². The fraction of sp³-hybridized carbons (Fsp3) is 0.462. The van der Waals surface area contributed by atoms with Crippen LogP contribution in [0, 0.1) is 5.92 Å². The molecular formula is C26H28ClF2NO5. The van der Waals surface area contributed by atoms with Gasteiger partial charge in [-0.25, -0.2) is 13.6 Å². The highest BCUT2D eigenvalue weighted by Crippen LogP contribution is 2.43. The molecule has 6 nitrogen and oxygen atoms in total. The Balaban J connectivity index is 1.65. The lowest BCUT2D eigenvalue weighted by Gasteiger charge is -2.36. The summed E-state index contributed by atoms with van der Waals surface area (Å²) in [6.07, 6.45) is 0.731. The van der Waals surface area contributed by atoms with E-state index in [9.17, 15) is 23.5 Å². The van der Waals surface area contributed by atoms with Gasteiger partial charge in [0.2, 0.25) is 0 Å². The molecule has 1 amide bonds. The Kier molecular flexibility index (Phi) is 6.95. The lowest BCUT2D eigenvalue weighted by Crippen LogP contribution is -2.56. The van der Waals surface area contributed by atoms with Gasteiger partial charge in [-0.15, -0.1) is 0 Å². The third-order valence-electron chi connectivity index (χ3n) is 6.94. The number of halogens is 3. The van der Waals surface area contributed by atoms with Crippen molar-refractivity contribution in [3.05, 3.63) is 47.0 Å². The first-order valence-corrected chi connectivity index (χ1v) is 12.0. The zero-order chi connectivity index (χ0) is 25.4. The number of alkyl halides is 2. The molecule has 0 saturated heterocycles. The van der Waals surface area contributed by atoms with Crippen molar-refractivity contribution in [2.75, 3.05) is 7.11 Å². The molecular weight excluding hydrogens is 480 g/mol. The number of carbonyl (C=O) groups is 2. The van der Waals surface area contributed by atoms with Crippen LogP contribution in [0.15, 0.2) is 36.4 Å². The van der Waals surface area contributed by atoms with E-state index in [1.54, 1.807) is 30.3 Å². The van der Waals surface area contributed by atoms with Crippen molar-refractivity contribution in [2.45, 2.75) is 63.0 Å². The van der Waals surface area contributed by atoms with Crippen LogP contribution >= 0.6 is 11.6 Å². The Morgan fingerprint density at radius 2 is 1.74 bits per heavy atom. The van der Waals surface area contributed by atoms with E-state index in [1.165, 1.54) is 13.2 Å². The monoisotopic (exact) mass is 507 g/mol. The second kappa shape index (κ2) is 9.64. The Morgan fingerprint density at radius 1 is 1.09 bits per heavy atom. The first kappa shape index (κ1) is 25.2. The number of aliphatic carboxylic acids is 1. The molecule has 0 aromatic heterocycles. The summed E-state index contributed by atoms with van der Waals surface area (Å²) >= 11 is 6.30. The molecule has 2 aromatic carbocycles. The number of nitrogens with one attached hydrogen (secondary N) is 1. The molecule has 0 bridgehead atoms. The van der Waals surface area contributed by atoms with Crippen LogP contribution in [-0.4, -0.2) is 41.7 Å². The average Bonchev–Trinajstić information content (AvgIpc) is 2.79. The van der Waals surface area contributed by atoms with E-state index in [2.05, 4.69) is 12.2 Å². The molecule has 4 rings (SSSR count). The van der Waals surface area contributed by atoms with E-state index in [-0.39, 0.29) is 18.4 Å².